The van der Waals surface area contributed by atoms with E-state index in [2.05, 4.69) is 16.5 Å². The van der Waals surface area contributed by atoms with Crippen molar-refractivity contribution >= 4 is 10.0 Å². The summed E-state index contributed by atoms with van der Waals surface area (Å²) >= 11 is 0. The van der Waals surface area contributed by atoms with Crippen LogP contribution in [-0.4, -0.2) is 39.5 Å². The Hall–Kier alpha value is -0.890. The molecule has 6 nitrogen and oxygen atoms in total. The Morgan fingerprint density at radius 3 is 2.84 bits per heavy atom. The third kappa shape index (κ3) is 3.36. The van der Waals surface area contributed by atoms with Crippen LogP contribution < -0.4 is 10.5 Å². The van der Waals surface area contributed by atoms with Gasteiger partial charge in [0.2, 0.25) is 5.09 Å². The van der Waals surface area contributed by atoms with E-state index in [0.29, 0.717) is 5.76 Å². The van der Waals surface area contributed by atoms with Crippen molar-refractivity contribution in [2.75, 3.05) is 20.1 Å². The minimum absolute atomic E-state index is 0.0485. The maximum Gasteiger partial charge on any atom is 0.274 e. The molecule has 0 aromatic carbocycles. The molecular formula is C12H21N3O3S. The van der Waals surface area contributed by atoms with Crippen LogP contribution in [-0.2, 0) is 16.6 Å². The van der Waals surface area contributed by atoms with Crippen molar-refractivity contribution in [2.45, 2.75) is 31.0 Å². The van der Waals surface area contributed by atoms with E-state index in [1.165, 1.54) is 6.07 Å². The molecule has 7 heteroatoms. The van der Waals surface area contributed by atoms with E-state index in [1.807, 2.05) is 7.05 Å². The minimum atomic E-state index is -3.59. The van der Waals surface area contributed by atoms with Crippen molar-refractivity contribution in [3.05, 3.63) is 17.9 Å². The summed E-state index contributed by atoms with van der Waals surface area (Å²) in [5, 5.41) is -0.0564. The third-order valence-electron chi connectivity index (χ3n) is 3.52. The van der Waals surface area contributed by atoms with Gasteiger partial charge in [0.1, 0.15) is 5.76 Å². The summed E-state index contributed by atoms with van der Waals surface area (Å²) in [6.45, 7) is 4.03. The third-order valence-corrected chi connectivity index (χ3v) is 4.88. The molecule has 2 atom stereocenters. The lowest BCUT2D eigenvalue weighted by Crippen LogP contribution is -2.48. The van der Waals surface area contributed by atoms with E-state index in [-0.39, 0.29) is 23.6 Å². The average molecular weight is 287 g/mol. The molecule has 1 aromatic heterocycles. The lowest BCUT2D eigenvalue weighted by atomic mass is 9.95. The molecular weight excluding hydrogens is 266 g/mol. The quantitative estimate of drug-likeness (QED) is 0.834. The van der Waals surface area contributed by atoms with E-state index < -0.39 is 10.0 Å². The zero-order valence-corrected chi connectivity index (χ0v) is 12.1. The first-order valence-electron chi connectivity index (χ1n) is 6.42. The number of hydrogen-bond donors (Lipinski definition) is 2. The first kappa shape index (κ1) is 14.5. The maximum absolute atomic E-state index is 12.2. The fraction of sp³-hybridized carbons (Fsp3) is 0.667. The molecule has 2 heterocycles. The summed E-state index contributed by atoms with van der Waals surface area (Å²) in [7, 11) is -1.55. The van der Waals surface area contributed by atoms with Crippen LogP contribution in [0.2, 0.25) is 0 Å². The Morgan fingerprint density at radius 1 is 1.53 bits per heavy atom. The lowest BCUT2D eigenvalue weighted by molar-refractivity contribution is 0.188. The van der Waals surface area contributed by atoms with Gasteiger partial charge < -0.3 is 15.1 Å². The van der Waals surface area contributed by atoms with Crippen molar-refractivity contribution in [3.63, 3.8) is 0 Å². The van der Waals surface area contributed by atoms with E-state index in [9.17, 15) is 8.42 Å². The topological polar surface area (TPSA) is 88.6 Å². The monoisotopic (exact) mass is 287 g/mol. The largest absolute Gasteiger partial charge is 0.447 e. The van der Waals surface area contributed by atoms with Gasteiger partial charge in [-0.05, 0) is 38.1 Å². The second-order valence-electron chi connectivity index (χ2n) is 5.18. The number of nitrogens with zero attached hydrogens (tertiary/aromatic N) is 1. The molecule has 2 unspecified atom stereocenters. The molecule has 0 bridgehead atoms. The molecule has 1 aliphatic heterocycles. The Balaban J connectivity index is 2.08. The number of rotatable bonds is 4. The van der Waals surface area contributed by atoms with Crippen molar-refractivity contribution in [2.24, 2.45) is 11.7 Å². The van der Waals surface area contributed by atoms with Crippen LogP contribution in [0.25, 0.3) is 0 Å². The average Bonchev–Trinajstić information content (AvgIpc) is 2.82. The van der Waals surface area contributed by atoms with Crippen molar-refractivity contribution < 1.29 is 12.8 Å². The predicted molar refractivity (Wildman–Crippen MR) is 72.0 cm³/mol. The fourth-order valence-corrected chi connectivity index (χ4v) is 3.73. The van der Waals surface area contributed by atoms with Gasteiger partial charge in [-0.25, -0.2) is 13.1 Å². The van der Waals surface area contributed by atoms with Crippen LogP contribution in [0, 0.1) is 5.92 Å². The summed E-state index contributed by atoms with van der Waals surface area (Å²) in [5.41, 5.74) is 5.41. The molecule has 108 valence electrons. The van der Waals surface area contributed by atoms with E-state index in [1.54, 1.807) is 6.07 Å². The Kier molecular flexibility index (Phi) is 4.29. The summed E-state index contributed by atoms with van der Waals surface area (Å²) < 4.78 is 32.3. The van der Waals surface area contributed by atoms with Gasteiger partial charge >= 0.3 is 0 Å². The second-order valence-corrected chi connectivity index (χ2v) is 6.83. The van der Waals surface area contributed by atoms with E-state index in [0.717, 1.165) is 19.5 Å². The molecule has 3 N–H and O–H groups in total. The molecule has 19 heavy (non-hydrogen) atoms. The molecule has 0 aliphatic carbocycles. The van der Waals surface area contributed by atoms with E-state index >= 15 is 0 Å². The van der Waals surface area contributed by atoms with Gasteiger partial charge in [0.15, 0.2) is 0 Å². The second kappa shape index (κ2) is 5.62. The van der Waals surface area contributed by atoms with Gasteiger partial charge in [0.05, 0.1) is 6.54 Å². The van der Waals surface area contributed by atoms with Crippen molar-refractivity contribution in [1.29, 1.82) is 0 Å². The fourth-order valence-electron chi connectivity index (χ4n) is 2.40. The number of sulfonamides is 1. The first-order chi connectivity index (χ1) is 8.92. The molecule has 0 spiro atoms. The molecule has 0 radical (unpaired) electrons. The van der Waals surface area contributed by atoms with Crippen LogP contribution >= 0.6 is 0 Å². The Labute approximate surface area is 114 Å². The van der Waals surface area contributed by atoms with Crippen LogP contribution in [0.4, 0.5) is 0 Å². The van der Waals surface area contributed by atoms with Crippen LogP contribution in [0.5, 0.6) is 0 Å². The number of furan rings is 1. The zero-order valence-electron chi connectivity index (χ0n) is 11.3. The standard InChI is InChI=1S/C12H21N3O3S/c1-9-8-15(2)6-5-11(9)14-19(16,17)12-4-3-10(7-13)18-12/h3-4,9,11,14H,5-8,13H2,1-2H3. The zero-order chi connectivity index (χ0) is 14.0. The summed E-state index contributed by atoms with van der Waals surface area (Å²) in [5.74, 6) is 0.745. The highest BCUT2D eigenvalue weighted by molar-refractivity contribution is 7.89. The van der Waals surface area contributed by atoms with Gasteiger partial charge in [-0.1, -0.05) is 6.92 Å². The van der Waals surface area contributed by atoms with Crippen molar-refractivity contribution in [1.82, 2.24) is 9.62 Å². The highest BCUT2D eigenvalue weighted by Gasteiger charge is 2.30. The van der Waals surface area contributed by atoms with E-state index in [4.69, 9.17) is 10.2 Å². The predicted octanol–water partition coefficient (Wildman–Crippen LogP) is 0.357. The van der Waals surface area contributed by atoms with Gasteiger partial charge in [0.25, 0.3) is 10.0 Å². The summed E-state index contributed by atoms with van der Waals surface area (Å²) in [6, 6.07) is 2.99. The number of nitrogens with one attached hydrogen (secondary N) is 1. The van der Waals surface area contributed by atoms with Gasteiger partial charge in [-0.3, -0.25) is 0 Å². The molecule has 1 aliphatic rings. The molecule has 0 amide bonds. The molecule has 1 saturated heterocycles. The smallest absolute Gasteiger partial charge is 0.274 e. The number of likely N-dealkylation sites (tertiary alicyclic amines) is 1. The van der Waals surface area contributed by atoms with Crippen LogP contribution in [0.1, 0.15) is 19.1 Å². The molecule has 2 rings (SSSR count). The first-order valence-corrected chi connectivity index (χ1v) is 7.90. The van der Waals surface area contributed by atoms with Gasteiger partial charge in [-0.15, -0.1) is 0 Å². The summed E-state index contributed by atoms with van der Waals surface area (Å²) in [4.78, 5) is 2.20. The molecule has 0 saturated carbocycles. The highest BCUT2D eigenvalue weighted by Crippen LogP contribution is 2.19. The van der Waals surface area contributed by atoms with Crippen molar-refractivity contribution in [3.8, 4) is 0 Å². The maximum atomic E-state index is 12.2. The van der Waals surface area contributed by atoms with Crippen LogP contribution in [0.15, 0.2) is 21.6 Å². The Morgan fingerprint density at radius 2 is 2.26 bits per heavy atom. The number of nitrogens with two attached hydrogens (primary N) is 1. The highest BCUT2D eigenvalue weighted by atomic mass is 32.2. The van der Waals surface area contributed by atoms with Crippen LogP contribution in [0.3, 0.4) is 0 Å². The number of hydrogen-bond acceptors (Lipinski definition) is 5. The summed E-state index contributed by atoms with van der Waals surface area (Å²) in [6.07, 6.45) is 0.807. The lowest BCUT2D eigenvalue weighted by Gasteiger charge is -2.34. The minimum Gasteiger partial charge on any atom is -0.447 e. The molecule has 1 aromatic rings. The van der Waals surface area contributed by atoms with Gasteiger partial charge in [-0.2, -0.15) is 0 Å². The normalized spacial score (nSPS) is 25.6. The Bertz CT molecular complexity index is 526. The molecule has 1 fully saturated rings. The van der Waals surface area contributed by atoms with Gasteiger partial charge in [0, 0.05) is 12.6 Å². The SMILES string of the molecule is CC1CN(C)CCC1NS(=O)(=O)c1ccc(CN)o1. The number of piperidine rings is 1.